The van der Waals surface area contributed by atoms with Crippen LogP contribution < -0.4 is 10.5 Å². The van der Waals surface area contributed by atoms with Gasteiger partial charge in [-0.15, -0.1) is 0 Å². The van der Waals surface area contributed by atoms with Crippen LogP contribution in [0.4, 0.5) is 4.39 Å². The summed E-state index contributed by atoms with van der Waals surface area (Å²) in [6.07, 6.45) is 3.29. The molecule has 0 amide bonds. The molecule has 5 heteroatoms. The quantitative estimate of drug-likeness (QED) is 0.722. The van der Waals surface area contributed by atoms with Crippen molar-refractivity contribution in [2.24, 2.45) is 5.73 Å². The molecule has 0 aromatic heterocycles. The second-order valence-electron chi connectivity index (χ2n) is 4.83. The lowest BCUT2D eigenvalue weighted by Crippen LogP contribution is -2.33. The molecule has 0 atom stereocenters. The van der Waals surface area contributed by atoms with Crippen molar-refractivity contribution in [1.82, 2.24) is 0 Å². The molecule has 0 spiro atoms. The number of rotatable bonds is 3. The van der Waals surface area contributed by atoms with E-state index in [1.54, 1.807) is 0 Å². The average molecular weight is 255 g/mol. The van der Waals surface area contributed by atoms with E-state index in [2.05, 4.69) is 0 Å². The van der Waals surface area contributed by atoms with Crippen molar-refractivity contribution < 1.29 is 19.3 Å². The van der Waals surface area contributed by atoms with Crippen molar-refractivity contribution in [3.63, 3.8) is 0 Å². The highest BCUT2D eigenvalue weighted by Gasteiger charge is 2.40. The normalized spacial score (nSPS) is 17.9. The van der Waals surface area contributed by atoms with Gasteiger partial charge in [-0.2, -0.15) is 0 Å². The molecule has 100 valence electrons. The van der Waals surface area contributed by atoms with Gasteiger partial charge in [0.15, 0.2) is 23.1 Å². The van der Waals surface area contributed by atoms with Crippen molar-refractivity contribution in [1.29, 1.82) is 0 Å². The minimum atomic E-state index is -0.625. The summed E-state index contributed by atoms with van der Waals surface area (Å²) in [5, 5.41) is 19.6. The summed E-state index contributed by atoms with van der Waals surface area (Å²) in [7, 11) is 1.32. The van der Waals surface area contributed by atoms with Gasteiger partial charge in [0.25, 0.3) is 0 Å². The van der Waals surface area contributed by atoms with Crippen LogP contribution in [-0.2, 0) is 5.41 Å². The first kappa shape index (κ1) is 13.0. The number of halogens is 1. The number of phenols is 2. The van der Waals surface area contributed by atoms with Gasteiger partial charge in [0, 0.05) is 23.6 Å². The third-order valence-corrected chi connectivity index (χ3v) is 3.88. The highest BCUT2D eigenvalue weighted by atomic mass is 19.1. The Labute approximate surface area is 105 Å². The Morgan fingerprint density at radius 3 is 2.50 bits per heavy atom. The zero-order chi connectivity index (χ0) is 13.3. The zero-order valence-corrected chi connectivity index (χ0v) is 10.4. The van der Waals surface area contributed by atoms with Gasteiger partial charge in [-0.3, -0.25) is 0 Å². The number of hydrogen-bond acceptors (Lipinski definition) is 4. The molecule has 2 rings (SSSR count). The Kier molecular flexibility index (Phi) is 3.34. The molecule has 4 nitrogen and oxygen atoms in total. The molecule has 4 N–H and O–H groups in total. The summed E-state index contributed by atoms with van der Waals surface area (Å²) in [6.45, 7) is 0.240. The number of methoxy groups -OCH3 is 1. The standard InChI is InChI=1S/C13H18FNO3/c1-18-9-6-8(16)12(17)10(11(9)14)13(7-15)4-2-3-5-13/h6,16-17H,2-5,7,15H2,1H3. The van der Waals surface area contributed by atoms with Crippen molar-refractivity contribution in [2.45, 2.75) is 31.1 Å². The molecular formula is C13H18FNO3. The van der Waals surface area contributed by atoms with Gasteiger partial charge >= 0.3 is 0 Å². The third kappa shape index (κ3) is 1.79. The van der Waals surface area contributed by atoms with Gasteiger partial charge in [0.1, 0.15) is 0 Å². The average Bonchev–Trinajstić information content (AvgIpc) is 2.84. The second-order valence-corrected chi connectivity index (χ2v) is 4.83. The van der Waals surface area contributed by atoms with E-state index >= 15 is 0 Å². The van der Waals surface area contributed by atoms with Crippen LogP contribution in [-0.4, -0.2) is 23.9 Å². The molecule has 1 aliphatic carbocycles. The van der Waals surface area contributed by atoms with E-state index in [9.17, 15) is 14.6 Å². The lowest BCUT2D eigenvalue weighted by molar-refractivity contribution is 0.333. The van der Waals surface area contributed by atoms with Gasteiger partial charge in [0.05, 0.1) is 7.11 Å². The maximum Gasteiger partial charge on any atom is 0.172 e. The number of benzene rings is 1. The minimum absolute atomic E-state index is 0.0694. The lowest BCUT2D eigenvalue weighted by Gasteiger charge is -2.29. The lowest BCUT2D eigenvalue weighted by atomic mass is 9.78. The summed E-state index contributed by atoms with van der Waals surface area (Å²) in [6, 6.07) is 1.08. The summed E-state index contributed by atoms with van der Waals surface area (Å²) < 4.78 is 19.2. The predicted molar refractivity (Wildman–Crippen MR) is 65.5 cm³/mol. The molecule has 0 radical (unpaired) electrons. The number of hydrogen-bond donors (Lipinski definition) is 3. The highest BCUT2D eigenvalue weighted by molar-refractivity contribution is 5.54. The fourth-order valence-electron chi connectivity index (χ4n) is 2.85. The first-order valence-electron chi connectivity index (χ1n) is 6.04. The summed E-state index contributed by atoms with van der Waals surface area (Å²) in [5.74, 6) is -1.48. The molecule has 1 aliphatic rings. The number of nitrogens with two attached hydrogens (primary N) is 1. The Bertz CT molecular complexity index is 456. The Hall–Kier alpha value is -1.49. The minimum Gasteiger partial charge on any atom is -0.504 e. The van der Waals surface area contributed by atoms with Crippen LogP contribution in [0.25, 0.3) is 0 Å². The Balaban J connectivity index is 2.65. The van der Waals surface area contributed by atoms with Crippen LogP contribution >= 0.6 is 0 Å². The van der Waals surface area contributed by atoms with Crippen molar-refractivity contribution >= 4 is 0 Å². The predicted octanol–water partition coefficient (Wildman–Crippen LogP) is 2.02. The topological polar surface area (TPSA) is 75.7 Å². The van der Waals surface area contributed by atoms with Gasteiger partial charge < -0.3 is 20.7 Å². The molecule has 0 aliphatic heterocycles. The van der Waals surface area contributed by atoms with E-state index in [-0.39, 0.29) is 23.6 Å². The van der Waals surface area contributed by atoms with Crippen LogP contribution in [0.1, 0.15) is 31.2 Å². The van der Waals surface area contributed by atoms with Crippen molar-refractivity contribution in [3.05, 3.63) is 17.4 Å². The van der Waals surface area contributed by atoms with Crippen molar-refractivity contribution in [3.8, 4) is 17.2 Å². The van der Waals surface area contributed by atoms with Crippen molar-refractivity contribution in [2.75, 3.05) is 13.7 Å². The van der Waals surface area contributed by atoms with Crippen LogP contribution in [0.5, 0.6) is 17.2 Å². The van der Waals surface area contributed by atoms with E-state index in [1.807, 2.05) is 0 Å². The molecule has 0 saturated heterocycles. The molecule has 1 saturated carbocycles. The summed E-state index contributed by atoms with van der Waals surface area (Å²) in [5.41, 5.74) is 5.28. The van der Waals surface area contributed by atoms with Crippen LogP contribution in [0, 0.1) is 5.82 Å². The van der Waals surface area contributed by atoms with Crippen LogP contribution in [0.3, 0.4) is 0 Å². The van der Waals surface area contributed by atoms with Gasteiger partial charge in [-0.05, 0) is 12.8 Å². The zero-order valence-electron chi connectivity index (χ0n) is 10.4. The molecule has 1 aromatic rings. The molecule has 0 unspecified atom stereocenters. The number of aromatic hydroxyl groups is 2. The summed E-state index contributed by atoms with van der Waals surface area (Å²) in [4.78, 5) is 0. The fraction of sp³-hybridized carbons (Fsp3) is 0.538. The number of ether oxygens (including phenoxy) is 1. The number of phenolic OH excluding ortho intramolecular Hbond substituents is 2. The van der Waals surface area contributed by atoms with Gasteiger partial charge in [-0.25, -0.2) is 4.39 Å². The first-order chi connectivity index (χ1) is 8.55. The maximum atomic E-state index is 14.3. The third-order valence-electron chi connectivity index (χ3n) is 3.88. The molecule has 18 heavy (non-hydrogen) atoms. The molecule has 1 fully saturated rings. The molecule has 0 bridgehead atoms. The van der Waals surface area contributed by atoms with E-state index in [0.29, 0.717) is 12.8 Å². The van der Waals surface area contributed by atoms with E-state index in [4.69, 9.17) is 10.5 Å². The monoisotopic (exact) mass is 255 g/mol. The summed E-state index contributed by atoms with van der Waals surface area (Å²) >= 11 is 0. The largest absolute Gasteiger partial charge is 0.504 e. The van der Waals surface area contributed by atoms with Gasteiger partial charge in [-0.1, -0.05) is 12.8 Å². The Morgan fingerprint density at radius 2 is 2.00 bits per heavy atom. The first-order valence-corrected chi connectivity index (χ1v) is 6.04. The van der Waals surface area contributed by atoms with Crippen LogP contribution in [0.15, 0.2) is 6.07 Å². The van der Waals surface area contributed by atoms with Gasteiger partial charge in [0.2, 0.25) is 0 Å². The second kappa shape index (κ2) is 4.65. The Morgan fingerprint density at radius 1 is 1.39 bits per heavy atom. The smallest absolute Gasteiger partial charge is 0.172 e. The SMILES string of the molecule is COc1cc(O)c(O)c(C2(CN)CCCC2)c1F. The maximum absolute atomic E-state index is 14.3. The fourth-order valence-corrected chi connectivity index (χ4v) is 2.85. The molecule has 1 aromatic carbocycles. The van der Waals surface area contributed by atoms with E-state index < -0.39 is 17.0 Å². The van der Waals surface area contributed by atoms with E-state index in [0.717, 1.165) is 18.9 Å². The molecule has 0 heterocycles. The van der Waals surface area contributed by atoms with Crippen LogP contribution in [0.2, 0.25) is 0 Å². The highest BCUT2D eigenvalue weighted by Crippen LogP contribution is 2.49. The van der Waals surface area contributed by atoms with E-state index in [1.165, 1.54) is 7.11 Å². The molecular weight excluding hydrogens is 237 g/mol.